The van der Waals surface area contributed by atoms with Gasteiger partial charge in [-0.05, 0) is 32.4 Å². The lowest BCUT2D eigenvalue weighted by Gasteiger charge is -2.36. The monoisotopic (exact) mass is 336 g/mol. The second kappa shape index (κ2) is 6.68. The molecule has 0 unspecified atom stereocenters. The minimum Gasteiger partial charge on any atom is -0.497 e. The first kappa shape index (κ1) is 18.1. The van der Waals surface area contributed by atoms with Crippen molar-refractivity contribution in [3.05, 3.63) is 24.3 Å². The van der Waals surface area contributed by atoms with Crippen molar-refractivity contribution in [1.82, 2.24) is 4.90 Å². The van der Waals surface area contributed by atoms with Crippen LogP contribution < -0.4 is 10.1 Å². The highest BCUT2D eigenvalue weighted by Crippen LogP contribution is 2.39. The van der Waals surface area contributed by atoms with Crippen LogP contribution in [0, 0.1) is 0 Å². The Morgan fingerprint density at radius 2 is 2.12 bits per heavy atom. The van der Waals surface area contributed by atoms with Crippen molar-refractivity contribution in [2.75, 3.05) is 19.0 Å². The molecule has 0 radical (unpaired) electrons. The molecule has 0 spiro atoms. The first-order valence-electron chi connectivity index (χ1n) is 7.90. The maximum atomic E-state index is 12.1. The summed E-state index contributed by atoms with van der Waals surface area (Å²) < 4.78 is 10.4. The van der Waals surface area contributed by atoms with Gasteiger partial charge in [-0.2, -0.15) is 0 Å². The number of methoxy groups -OCH3 is 1. The lowest BCUT2D eigenvalue weighted by molar-refractivity contribution is -0.139. The number of anilines is 1. The van der Waals surface area contributed by atoms with Gasteiger partial charge in [-0.1, -0.05) is 13.0 Å². The predicted molar refractivity (Wildman–Crippen MR) is 88.7 cm³/mol. The molecular formula is C17H24N2O5. The van der Waals surface area contributed by atoms with Crippen LogP contribution in [0.15, 0.2) is 24.3 Å². The van der Waals surface area contributed by atoms with Gasteiger partial charge in [0.2, 0.25) is 5.91 Å². The number of cyclic esters (lactones) is 1. The lowest BCUT2D eigenvalue weighted by Crippen LogP contribution is -2.55. The lowest BCUT2D eigenvalue weighted by atomic mass is 9.91. The van der Waals surface area contributed by atoms with E-state index in [4.69, 9.17) is 9.47 Å². The van der Waals surface area contributed by atoms with Crippen LogP contribution in [0.4, 0.5) is 10.5 Å². The Morgan fingerprint density at radius 3 is 2.71 bits per heavy atom. The van der Waals surface area contributed by atoms with Crippen LogP contribution in [0.3, 0.4) is 0 Å². The Balaban J connectivity index is 1.97. The second-order valence-corrected chi connectivity index (χ2v) is 6.15. The van der Waals surface area contributed by atoms with Crippen molar-refractivity contribution >= 4 is 17.7 Å². The number of nitrogens with zero attached hydrogens (tertiary/aromatic N) is 1. The average molecular weight is 336 g/mol. The number of benzene rings is 1. The predicted octanol–water partition coefficient (Wildman–Crippen LogP) is 2.35. The molecule has 0 bridgehead atoms. The Kier molecular flexibility index (Phi) is 5.03. The molecule has 1 heterocycles. The van der Waals surface area contributed by atoms with E-state index in [1.807, 2.05) is 6.92 Å². The van der Waals surface area contributed by atoms with Crippen LogP contribution in [0.5, 0.6) is 5.75 Å². The normalized spacial score (nSPS) is 26.2. The van der Waals surface area contributed by atoms with Crippen LogP contribution in [-0.2, 0) is 9.53 Å². The van der Waals surface area contributed by atoms with Gasteiger partial charge in [0.25, 0.3) is 0 Å². The molecule has 132 valence electrons. The van der Waals surface area contributed by atoms with Crippen molar-refractivity contribution in [2.45, 2.75) is 44.9 Å². The van der Waals surface area contributed by atoms with Crippen molar-refractivity contribution in [1.29, 1.82) is 0 Å². The van der Waals surface area contributed by atoms with Crippen LogP contribution in [0.2, 0.25) is 0 Å². The zero-order valence-electron chi connectivity index (χ0n) is 14.5. The van der Waals surface area contributed by atoms with Gasteiger partial charge in [0.1, 0.15) is 5.75 Å². The van der Waals surface area contributed by atoms with Crippen LogP contribution >= 0.6 is 0 Å². The maximum absolute atomic E-state index is 12.1. The minimum absolute atomic E-state index is 0.0439. The van der Waals surface area contributed by atoms with E-state index in [0.717, 1.165) is 0 Å². The number of carbonyl (C=O) groups is 2. The summed E-state index contributed by atoms with van der Waals surface area (Å²) >= 11 is 0. The molecule has 2 N–H and O–H groups in total. The van der Waals surface area contributed by atoms with Gasteiger partial charge in [-0.15, -0.1) is 0 Å². The highest BCUT2D eigenvalue weighted by molar-refractivity contribution is 5.91. The van der Waals surface area contributed by atoms with Gasteiger partial charge in [0.15, 0.2) is 11.3 Å². The number of rotatable bonds is 6. The SMILES string of the molecule is CC[C@@]1(C)OC(=O)N(CCC(=O)Nc2cccc(OC)c2)[C@]1(C)O. The number of ether oxygens (including phenoxy) is 2. The van der Waals surface area contributed by atoms with E-state index in [1.54, 1.807) is 38.3 Å². The summed E-state index contributed by atoms with van der Waals surface area (Å²) in [5.74, 6) is 0.370. The highest BCUT2D eigenvalue weighted by Gasteiger charge is 2.58. The third-order valence-electron chi connectivity index (χ3n) is 4.65. The van der Waals surface area contributed by atoms with Crippen LogP contribution in [-0.4, -0.2) is 47.0 Å². The van der Waals surface area contributed by atoms with E-state index in [9.17, 15) is 14.7 Å². The molecule has 7 nitrogen and oxygen atoms in total. The summed E-state index contributed by atoms with van der Waals surface area (Å²) in [6.07, 6.45) is -0.0981. The van der Waals surface area contributed by atoms with Crippen molar-refractivity contribution in [3.63, 3.8) is 0 Å². The zero-order chi connectivity index (χ0) is 18.0. The Bertz CT molecular complexity index is 631. The highest BCUT2D eigenvalue weighted by atomic mass is 16.6. The minimum atomic E-state index is -1.46. The number of carbonyl (C=O) groups excluding carboxylic acids is 2. The molecule has 1 fully saturated rings. The zero-order valence-corrected chi connectivity index (χ0v) is 14.5. The third-order valence-corrected chi connectivity index (χ3v) is 4.65. The smallest absolute Gasteiger partial charge is 0.412 e. The van der Waals surface area contributed by atoms with Crippen molar-refractivity contribution in [3.8, 4) is 5.75 Å². The van der Waals surface area contributed by atoms with Crippen molar-refractivity contribution in [2.24, 2.45) is 0 Å². The molecule has 2 atom stereocenters. The molecular weight excluding hydrogens is 312 g/mol. The molecule has 1 aliphatic rings. The number of aliphatic hydroxyl groups is 1. The topological polar surface area (TPSA) is 88.1 Å². The van der Waals surface area contributed by atoms with E-state index < -0.39 is 17.4 Å². The Morgan fingerprint density at radius 1 is 1.42 bits per heavy atom. The fourth-order valence-electron chi connectivity index (χ4n) is 2.66. The summed E-state index contributed by atoms with van der Waals surface area (Å²) in [5.41, 5.74) is -1.85. The van der Waals surface area contributed by atoms with E-state index in [2.05, 4.69) is 5.32 Å². The quantitative estimate of drug-likeness (QED) is 0.832. The Hall–Kier alpha value is -2.28. The first-order valence-corrected chi connectivity index (χ1v) is 7.90. The molecule has 7 heteroatoms. The summed E-state index contributed by atoms with van der Waals surface area (Å²) in [6.45, 7) is 5.11. The van der Waals surface area contributed by atoms with Crippen LogP contribution in [0.25, 0.3) is 0 Å². The summed E-state index contributed by atoms with van der Waals surface area (Å²) in [4.78, 5) is 25.3. The van der Waals surface area contributed by atoms with E-state index in [0.29, 0.717) is 17.9 Å². The first-order chi connectivity index (χ1) is 11.2. The molecule has 1 aliphatic heterocycles. The Labute approximate surface area is 141 Å². The van der Waals surface area contributed by atoms with Crippen LogP contribution in [0.1, 0.15) is 33.6 Å². The standard InChI is InChI=1S/C17H24N2O5/c1-5-16(2)17(3,22)19(15(21)24-16)10-9-14(20)18-12-7-6-8-13(11-12)23-4/h6-8,11,22H,5,9-10H2,1-4H3,(H,18,20)/t16-,17-/m1/s1. The maximum Gasteiger partial charge on any atom is 0.412 e. The largest absolute Gasteiger partial charge is 0.497 e. The third kappa shape index (κ3) is 3.31. The van der Waals surface area contributed by atoms with E-state index in [1.165, 1.54) is 11.8 Å². The van der Waals surface area contributed by atoms with Gasteiger partial charge in [-0.25, -0.2) is 4.79 Å². The fourth-order valence-corrected chi connectivity index (χ4v) is 2.66. The van der Waals surface area contributed by atoms with Gasteiger partial charge < -0.3 is 19.9 Å². The molecule has 24 heavy (non-hydrogen) atoms. The summed E-state index contributed by atoms with van der Waals surface area (Å²) in [7, 11) is 1.55. The molecule has 1 aromatic rings. The summed E-state index contributed by atoms with van der Waals surface area (Å²) in [5, 5.41) is 13.4. The summed E-state index contributed by atoms with van der Waals surface area (Å²) in [6, 6.07) is 6.99. The molecule has 2 amide bonds. The van der Waals surface area contributed by atoms with Gasteiger partial charge in [-0.3, -0.25) is 9.69 Å². The number of nitrogens with one attached hydrogen (secondary N) is 1. The van der Waals surface area contributed by atoms with Gasteiger partial charge in [0.05, 0.1) is 7.11 Å². The average Bonchev–Trinajstić information content (AvgIpc) is 2.71. The van der Waals surface area contributed by atoms with Gasteiger partial charge >= 0.3 is 6.09 Å². The fraction of sp³-hybridized carbons (Fsp3) is 0.529. The molecule has 2 rings (SSSR count). The molecule has 0 saturated carbocycles. The molecule has 0 aromatic heterocycles. The molecule has 0 aliphatic carbocycles. The van der Waals surface area contributed by atoms with Crippen molar-refractivity contribution < 1.29 is 24.2 Å². The second-order valence-electron chi connectivity index (χ2n) is 6.15. The number of amides is 2. The van der Waals surface area contributed by atoms with E-state index >= 15 is 0 Å². The van der Waals surface area contributed by atoms with E-state index in [-0.39, 0.29) is 18.9 Å². The number of hydrogen-bond donors (Lipinski definition) is 2. The van der Waals surface area contributed by atoms with Gasteiger partial charge in [0, 0.05) is 24.7 Å². The number of hydrogen-bond acceptors (Lipinski definition) is 5. The molecule has 1 aromatic carbocycles. The molecule has 1 saturated heterocycles.